The molecule has 0 fully saturated rings. The van der Waals surface area contributed by atoms with E-state index in [2.05, 4.69) is 43.9 Å². The molecule has 0 radical (unpaired) electrons. The van der Waals surface area contributed by atoms with Gasteiger partial charge in [-0.3, -0.25) is 4.79 Å². The second kappa shape index (κ2) is 9.51. The minimum absolute atomic E-state index is 0.0475. The Kier molecular flexibility index (Phi) is 8.03. The Balaban J connectivity index is 2.77. The van der Waals surface area contributed by atoms with Crippen LogP contribution in [0, 0.1) is 0 Å². The Bertz CT molecular complexity index is 539. The highest BCUT2D eigenvalue weighted by molar-refractivity contribution is 6.76. The van der Waals surface area contributed by atoms with E-state index < -0.39 is 8.07 Å². The minimum atomic E-state index is -1.05. The highest BCUT2D eigenvalue weighted by atomic mass is 28.3. The number of Topliss-reactive ketones (excluding diaryl/α,β-unsaturated/α-hetero) is 1. The van der Waals surface area contributed by atoms with Crippen LogP contribution < -0.4 is 0 Å². The molecule has 3 heteroatoms. The number of benzene rings is 1. The number of hydrogen-bond donors (Lipinski definition) is 0. The SMILES string of the molecule is CCC(=O)/C(C)=C/O[C@@H](C/C=C\C[Si](C)(C)C)c1ccccc1. The van der Waals surface area contributed by atoms with Crippen LogP contribution in [-0.4, -0.2) is 13.9 Å². The lowest BCUT2D eigenvalue weighted by Gasteiger charge is -2.17. The Morgan fingerprint density at radius 3 is 2.39 bits per heavy atom. The van der Waals surface area contributed by atoms with Crippen molar-refractivity contribution in [2.45, 2.75) is 58.5 Å². The van der Waals surface area contributed by atoms with Crippen LogP contribution >= 0.6 is 0 Å². The summed E-state index contributed by atoms with van der Waals surface area (Å²) in [6.45, 7) is 10.8. The van der Waals surface area contributed by atoms with Gasteiger partial charge in [0, 0.05) is 26.5 Å². The summed E-state index contributed by atoms with van der Waals surface area (Å²) in [4.78, 5) is 11.7. The van der Waals surface area contributed by atoms with Crippen LogP contribution in [0.5, 0.6) is 0 Å². The fourth-order valence-electron chi connectivity index (χ4n) is 2.12. The van der Waals surface area contributed by atoms with Crippen LogP contribution in [0.4, 0.5) is 0 Å². The fraction of sp³-hybridized carbons (Fsp3) is 0.450. The zero-order valence-corrected chi connectivity index (χ0v) is 16.1. The van der Waals surface area contributed by atoms with Crippen molar-refractivity contribution in [3.05, 3.63) is 59.9 Å². The van der Waals surface area contributed by atoms with Gasteiger partial charge < -0.3 is 4.74 Å². The summed E-state index contributed by atoms with van der Waals surface area (Å²) in [7, 11) is -1.05. The zero-order valence-electron chi connectivity index (χ0n) is 15.1. The molecule has 0 unspecified atom stereocenters. The first kappa shape index (κ1) is 19.4. The van der Waals surface area contributed by atoms with Crippen LogP contribution in [0.3, 0.4) is 0 Å². The van der Waals surface area contributed by atoms with Crippen LogP contribution in [-0.2, 0) is 9.53 Å². The molecule has 0 saturated heterocycles. The molecule has 0 aliphatic carbocycles. The Labute approximate surface area is 142 Å². The third-order valence-electron chi connectivity index (χ3n) is 3.59. The molecule has 1 aromatic carbocycles. The number of carbonyl (C=O) groups is 1. The van der Waals surface area contributed by atoms with Gasteiger partial charge in [0.15, 0.2) is 5.78 Å². The molecule has 0 aliphatic rings. The van der Waals surface area contributed by atoms with Crippen molar-refractivity contribution in [2.75, 3.05) is 0 Å². The van der Waals surface area contributed by atoms with Gasteiger partial charge >= 0.3 is 0 Å². The monoisotopic (exact) mass is 330 g/mol. The predicted octanol–water partition coefficient (Wildman–Crippen LogP) is 5.91. The van der Waals surface area contributed by atoms with Crippen LogP contribution in [0.25, 0.3) is 0 Å². The third kappa shape index (κ3) is 7.98. The van der Waals surface area contributed by atoms with Gasteiger partial charge in [-0.2, -0.15) is 0 Å². The zero-order chi connectivity index (χ0) is 17.3. The quantitative estimate of drug-likeness (QED) is 0.243. The number of carbonyl (C=O) groups excluding carboxylic acids is 1. The van der Waals surface area contributed by atoms with E-state index in [1.165, 1.54) is 6.04 Å². The Morgan fingerprint density at radius 1 is 1.17 bits per heavy atom. The van der Waals surface area contributed by atoms with Gasteiger partial charge in [0.25, 0.3) is 0 Å². The summed E-state index contributed by atoms with van der Waals surface area (Å²) in [6.07, 6.45) is 7.39. The van der Waals surface area contributed by atoms with Crippen molar-refractivity contribution >= 4 is 13.9 Å². The van der Waals surface area contributed by atoms with E-state index in [1.807, 2.05) is 32.0 Å². The van der Waals surface area contributed by atoms with Crippen molar-refractivity contribution in [2.24, 2.45) is 0 Å². The lowest BCUT2D eigenvalue weighted by molar-refractivity contribution is -0.115. The van der Waals surface area contributed by atoms with Crippen LogP contribution in [0.1, 0.15) is 38.4 Å². The highest BCUT2D eigenvalue weighted by Crippen LogP contribution is 2.23. The fourth-order valence-corrected chi connectivity index (χ4v) is 3.00. The van der Waals surface area contributed by atoms with Crippen molar-refractivity contribution in [1.82, 2.24) is 0 Å². The van der Waals surface area contributed by atoms with Gasteiger partial charge in [-0.25, -0.2) is 0 Å². The van der Waals surface area contributed by atoms with E-state index in [-0.39, 0.29) is 11.9 Å². The van der Waals surface area contributed by atoms with E-state index in [0.717, 1.165) is 12.0 Å². The normalized spacial score (nSPS) is 14.0. The summed E-state index contributed by atoms with van der Waals surface area (Å²) >= 11 is 0. The van der Waals surface area contributed by atoms with E-state index in [1.54, 1.807) is 6.26 Å². The summed E-state index contributed by atoms with van der Waals surface area (Å²) < 4.78 is 5.92. The van der Waals surface area contributed by atoms with Gasteiger partial charge in [-0.1, -0.05) is 69.0 Å². The molecule has 0 bridgehead atoms. The largest absolute Gasteiger partial charge is 0.493 e. The van der Waals surface area contributed by atoms with Gasteiger partial charge in [0.05, 0.1) is 6.26 Å². The van der Waals surface area contributed by atoms with E-state index in [4.69, 9.17) is 4.74 Å². The smallest absolute Gasteiger partial charge is 0.161 e. The number of hydrogen-bond acceptors (Lipinski definition) is 2. The topological polar surface area (TPSA) is 26.3 Å². The molecule has 23 heavy (non-hydrogen) atoms. The average Bonchev–Trinajstić information content (AvgIpc) is 2.52. The lowest BCUT2D eigenvalue weighted by Crippen LogP contribution is -2.17. The highest BCUT2D eigenvalue weighted by Gasteiger charge is 2.12. The van der Waals surface area contributed by atoms with Gasteiger partial charge in [0.2, 0.25) is 0 Å². The summed E-state index contributed by atoms with van der Waals surface area (Å²) in [5.41, 5.74) is 1.82. The first-order valence-corrected chi connectivity index (χ1v) is 12.1. The molecule has 0 spiro atoms. The maximum Gasteiger partial charge on any atom is 0.161 e. The van der Waals surface area contributed by atoms with E-state index in [0.29, 0.717) is 12.0 Å². The van der Waals surface area contributed by atoms with Gasteiger partial charge in [-0.05, 0) is 18.5 Å². The van der Waals surface area contributed by atoms with Crippen LogP contribution in [0.2, 0.25) is 25.7 Å². The second-order valence-corrected chi connectivity index (χ2v) is 12.6. The molecule has 0 N–H and O–H groups in total. The first-order valence-electron chi connectivity index (χ1n) is 8.39. The molecule has 0 amide bonds. The molecule has 0 aromatic heterocycles. The number of rotatable bonds is 9. The van der Waals surface area contributed by atoms with Crippen molar-refractivity contribution in [3.8, 4) is 0 Å². The second-order valence-electron chi connectivity index (χ2n) is 7.08. The maximum atomic E-state index is 11.7. The molecule has 2 nitrogen and oxygen atoms in total. The minimum Gasteiger partial charge on any atom is -0.493 e. The molecule has 1 aromatic rings. The van der Waals surface area contributed by atoms with Crippen molar-refractivity contribution < 1.29 is 9.53 Å². The lowest BCUT2D eigenvalue weighted by atomic mass is 10.1. The summed E-state index contributed by atoms with van der Waals surface area (Å²) in [6, 6.07) is 11.4. The average molecular weight is 331 g/mol. The van der Waals surface area contributed by atoms with Crippen LogP contribution in [0.15, 0.2) is 54.3 Å². The van der Waals surface area contributed by atoms with E-state index >= 15 is 0 Å². The standard InChI is InChI=1S/C20H30O2Si/c1-6-19(21)17(2)16-22-20(18-12-8-7-9-13-18)14-10-11-15-23(3,4)5/h7-13,16,20H,6,14-15H2,1-5H3/b11-10-,17-16+/t20-/m0/s1. The molecular formula is C20H30O2Si. The number of allylic oxidation sites excluding steroid dienone is 2. The molecule has 0 saturated carbocycles. The molecular weight excluding hydrogens is 300 g/mol. The van der Waals surface area contributed by atoms with Gasteiger partial charge in [0.1, 0.15) is 6.10 Å². The maximum absolute atomic E-state index is 11.7. The van der Waals surface area contributed by atoms with E-state index in [9.17, 15) is 4.79 Å². The Hall–Kier alpha value is -1.61. The van der Waals surface area contributed by atoms with Crippen molar-refractivity contribution in [1.29, 1.82) is 0 Å². The van der Waals surface area contributed by atoms with Gasteiger partial charge in [-0.15, -0.1) is 0 Å². The predicted molar refractivity (Wildman–Crippen MR) is 101 cm³/mol. The third-order valence-corrected chi connectivity index (χ3v) is 5.05. The first-order chi connectivity index (χ1) is 10.8. The Morgan fingerprint density at radius 2 is 1.83 bits per heavy atom. The molecule has 1 rings (SSSR count). The molecule has 0 heterocycles. The molecule has 126 valence electrons. The summed E-state index contributed by atoms with van der Waals surface area (Å²) in [5, 5.41) is 0. The number of ketones is 1. The molecule has 1 atom stereocenters. The summed E-state index contributed by atoms with van der Waals surface area (Å²) in [5.74, 6) is 0.131. The van der Waals surface area contributed by atoms with Crippen molar-refractivity contribution in [3.63, 3.8) is 0 Å². The molecule has 0 aliphatic heterocycles. The number of ether oxygens (including phenoxy) is 1.